The van der Waals surface area contributed by atoms with Gasteiger partial charge in [-0.15, -0.1) is 0 Å². The second-order valence-electron chi connectivity index (χ2n) is 6.61. The van der Waals surface area contributed by atoms with Gasteiger partial charge in [0.25, 0.3) is 11.8 Å². The summed E-state index contributed by atoms with van der Waals surface area (Å²) in [6.45, 7) is -0.0814. The summed E-state index contributed by atoms with van der Waals surface area (Å²) < 4.78 is 13.9. The molecule has 4 rings (SSSR count). The molecule has 0 radical (unpaired) electrons. The fraction of sp³-hybridized carbons (Fsp3) is 0.0455. The van der Waals surface area contributed by atoms with Gasteiger partial charge in [-0.1, -0.05) is 12.1 Å². The van der Waals surface area contributed by atoms with Crippen molar-refractivity contribution in [1.29, 1.82) is 0 Å². The van der Waals surface area contributed by atoms with Crippen LogP contribution in [-0.2, 0) is 4.79 Å². The third-order valence-corrected chi connectivity index (χ3v) is 5.27. The molecule has 0 bridgehead atoms. The number of anilines is 3. The number of hydrogen-bond acceptors (Lipinski definition) is 3. The molecule has 0 saturated carbocycles. The fourth-order valence-corrected chi connectivity index (χ4v) is 3.56. The molecule has 0 spiro atoms. The Bertz CT molecular complexity index is 1160. The average molecular weight is 468 g/mol. The van der Waals surface area contributed by atoms with Crippen LogP contribution in [0.1, 0.15) is 20.7 Å². The van der Waals surface area contributed by atoms with Crippen LogP contribution in [0.3, 0.4) is 0 Å². The predicted octanol–water partition coefficient (Wildman–Crippen LogP) is 4.44. The minimum absolute atomic E-state index is 0.0814. The smallest absolute Gasteiger partial charge is 0.258 e. The van der Waals surface area contributed by atoms with E-state index in [-0.39, 0.29) is 23.9 Å². The summed E-state index contributed by atoms with van der Waals surface area (Å²) in [4.78, 5) is 38.7. The third-order valence-electron chi connectivity index (χ3n) is 4.58. The first kappa shape index (κ1) is 19.8. The molecule has 2 N–H and O–H groups in total. The van der Waals surface area contributed by atoms with Crippen molar-refractivity contribution in [3.05, 3.63) is 88.1 Å². The lowest BCUT2D eigenvalue weighted by Gasteiger charge is -2.29. The van der Waals surface area contributed by atoms with E-state index >= 15 is 0 Å². The number of halogens is 2. The number of nitrogens with one attached hydrogen (secondary N) is 2. The molecule has 0 atom stereocenters. The zero-order valence-electron chi connectivity index (χ0n) is 15.5. The van der Waals surface area contributed by atoms with Crippen LogP contribution in [0.15, 0.2) is 71.2 Å². The largest absolute Gasteiger partial charge is 0.323 e. The molecule has 0 aliphatic carbocycles. The first-order chi connectivity index (χ1) is 14.4. The highest BCUT2D eigenvalue weighted by Gasteiger charge is 2.27. The van der Waals surface area contributed by atoms with Gasteiger partial charge in [-0.05, 0) is 70.5 Å². The number of para-hydroxylation sites is 2. The van der Waals surface area contributed by atoms with Crippen LogP contribution >= 0.6 is 15.9 Å². The number of amides is 3. The van der Waals surface area contributed by atoms with Crippen molar-refractivity contribution in [2.24, 2.45) is 0 Å². The van der Waals surface area contributed by atoms with Gasteiger partial charge in [0, 0.05) is 15.7 Å². The van der Waals surface area contributed by atoms with E-state index in [0.717, 1.165) is 6.07 Å². The Morgan fingerprint density at radius 3 is 2.53 bits per heavy atom. The summed E-state index contributed by atoms with van der Waals surface area (Å²) in [5.41, 5.74) is 2.17. The maximum absolute atomic E-state index is 13.4. The third kappa shape index (κ3) is 3.95. The molecular weight excluding hydrogens is 453 g/mol. The van der Waals surface area contributed by atoms with E-state index in [1.165, 1.54) is 17.0 Å². The summed E-state index contributed by atoms with van der Waals surface area (Å²) in [6, 6.07) is 17.2. The molecule has 6 nitrogen and oxygen atoms in total. The van der Waals surface area contributed by atoms with E-state index < -0.39 is 11.7 Å². The van der Waals surface area contributed by atoms with E-state index in [4.69, 9.17) is 0 Å². The first-order valence-electron chi connectivity index (χ1n) is 8.99. The van der Waals surface area contributed by atoms with Gasteiger partial charge in [0.15, 0.2) is 0 Å². The quantitative estimate of drug-likeness (QED) is 0.597. The number of carbonyl (C=O) groups is 3. The highest BCUT2D eigenvalue weighted by atomic mass is 79.9. The van der Waals surface area contributed by atoms with Crippen molar-refractivity contribution >= 4 is 50.7 Å². The van der Waals surface area contributed by atoms with E-state index in [1.54, 1.807) is 48.5 Å². The minimum Gasteiger partial charge on any atom is -0.323 e. The lowest BCUT2D eigenvalue weighted by molar-refractivity contribution is -0.115. The Balaban J connectivity index is 1.53. The number of hydrogen-bond donors (Lipinski definition) is 2. The SMILES string of the molecule is O=C1CN(C(=O)c2ccc(NC(=O)c3cc(F)ccc3Br)cc2)c2ccccc2N1. The molecule has 1 aliphatic rings. The number of rotatable bonds is 3. The highest BCUT2D eigenvalue weighted by molar-refractivity contribution is 9.10. The second kappa shape index (κ2) is 8.08. The van der Waals surface area contributed by atoms with Crippen molar-refractivity contribution in [1.82, 2.24) is 0 Å². The van der Waals surface area contributed by atoms with Crippen molar-refractivity contribution in [3.8, 4) is 0 Å². The Labute approximate surface area is 179 Å². The molecule has 3 aromatic rings. The van der Waals surface area contributed by atoms with Crippen molar-refractivity contribution < 1.29 is 18.8 Å². The van der Waals surface area contributed by atoms with Crippen LogP contribution in [0.4, 0.5) is 21.5 Å². The van der Waals surface area contributed by atoms with Gasteiger partial charge < -0.3 is 10.6 Å². The minimum atomic E-state index is -0.518. The van der Waals surface area contributed by atoms with Crippen LogP contribution in [0.25, 0.3) is 0 Å². The van der Waals surface area contributed by atoms with Crippen LogP contribution in [0.5, 0.6) is 0 Å². The summed E-state index contributed by atoms with van der Waals surface area (Å²) in [7, 11) is 0. The summed E-state index contributed by atoms with van der Waals surface area (Å²) in [5, 5.41) is 5.41. The van der Waals surface area contributed by atoms with Crippen LogP contribution in [0, 0.1) is 5.82 Å². The van der Waals surface area contributed by atoms with Gasteiger partial charge in [0.1, 0.15) is 12.4 Å². The monoisotopic (exact) mass is 467 g/mol. The molecule has 0 saturated heterocycles. The summed E-state index contributed by atoms with van der Waals surface area (Å²) in [5.74, 6) is -1.60. The molecule has 1 aliphatic heterocycles. The zero-order valence-corrected chi connectivity index (χ0v) is 17.1. The molecular formula is C22H15BrFN3O3. The molecule has 0 aromatic heterocycles. The van der Waals surface area contributed by atoms with Gasteiger partial charge in [0.2, 0.25) is 5.91 Å². The van der Waals surface area contributed by atoms with Gasteiger partial charge in [-0.2, -0.15) is 0 Å². The number of carbonyl (C=O) groups excluding carboxylic acids is 3. The number of benzene rings is 3. The normalized spacial score (nSPS) is 12.7. The van der Waals surface area contributed by atoms with Gasteiger partial charge in [-0.3, -0.25) is 19.3 Å². The maximum atomic E-state index is 13.4. The summed E-state index contributed by atoms with van der Waals surface area (Å²) >= 11 is 3.23. The fourth-order valence-electron chi connectivity index (χ4n) is 3.14. The van der Waals surface area contributed by atoms with Gasteiger partial charge in [-0.25, -0.2) is 4.39 Å². The van der Waals surface area contributed by atoms with Gasteiger partial charge in [0.05, 0.1) is 16.9 Å². The Morgan fingerprint density at radius 1 is 1.03 bits per heavy atom. The Kier molecular flexibility index (Phi) is 5.33. The second-order valence-corrected chi connectivity index (χ2v) is 7.47. The first-order valence-corrected chi connectivity index (χ1v) is 9.79. The standard InChI is InChI=1S/C22H15BrFN3O3/c23-17-10-7-14(24)11-16(17)21(29)25-15-8-5-13(6-9-15)22(30)27-12-20(28)26-18-3-1-2-4-19(18)27/h1-11H,12H2,(H,25,29)(H,26,28). The Morgan fingerprint density at radius 2 is 1.77 bits per heavy atom. The van der Waals surface area contributed by atoms with Crippen LogP contribution in [0.2, 0.25) is 0 Å². The molecule has 3 amide bonds. The Hall–Kier alpha value is -3.52. The predicted molar refractivity (Wildman–Crippen MR) is 115 cm³/mol. The van der Waals surface area contributed by atoms with Crippen LogP contribution < -0.4 is 15.5 Å². The molecule has 0 unspecified atom stereocenters. The molecule has 1 heterocycles. The molecule has 8 heteroatoms. The van der Waals surface area contributed by atoms with E-state index in [0.29, 0.717) is 27.1 Å². The highest BCUT2D eigenvalue weighted by Crippen LogP contribution is 2.30. The van der Waals surface area contributed by atoms with Gasteiger partial charge >= 0.3 is 0 Å². The van der Waals surface area contributed by atoms with Crippen LogP contribution in [-0.4, -0.2) is 24.3 Å². The molecule has 150 valence electrons. The number of fused-ring (bicyclic) bond motifs is 1. The lowest BCUT2D eigenvalue weighted by atomic mass is 10.1. The topological polar surface area (TPSA) is 78.5 Å². The molecule has 0 fully saturated rings. The zero-order chi connectivity index (χ0) is 21.3. The average Bonchev–Trinajstić information content (AvgIpc) is 2.74. The van der Waals surface area contributed by atoms with Crippen molar-refractivity contribution in [3.63, 3.8) is 0 Å². The lowest BCUT2D eigenvalue weighted by Crippen LogP contribution is -2.42. The molecule has 30 heavy (non-hydrogen) atoms. The van der Waals surface area contributed by atoms with E-state index in [1.807, 2.05) is 0 Å². The summed E-state index contributed by atoms with van der Waals surface area (Å²) in [6.07, 6.45) is 0. The van der Waals surface area contributed by atoms with E-state index in [9.17, 15) is 18.8 Å². The number of nitrogens with zero attached hydrogens (tertiary/aromatic N) is 1. The van der Waals surface area contributed by atoms with E-state index in [2.05, 4.69) is 26.6 Å². The maximum Gasteiger partial charge on any atom is 0.258 e. The van der Waals surface area contributed by atoms with Crippen molar-refractivity contribution in [2.45, 2.75) is 0 Å². The van der Waals surface area contributed by atoms with Crippen molar-refractivity contribution in [2.75, 3.05) is 22.1 Å². The molecule has 3 aromatic carbocycles.